The molecule has 1 atom stereocenters. The third kappa shape index (κ3) is 6.51. The number of carbonyl (C=O) groups is 1. The average Bonchev–Trinajstić information content (AvgIpc) is 3.49. The summed E-state index contributed by atoms with van der Waals surface area (Å²) in [6.07, 6.45) is 5.11. The molecular formula is C31H42ClN5O4Si. The molecule has 11 heteroatoms. The number of halogens is 1. The summed E-state index contributed by atoms with van der Waals surface area (Å²) < 4.78 is 22.2. The van der Waals surface area contributed by atoms with Crippen LogP contribution in [0.5, 0.6) is 0 Å². The Labute approximate surface area is 253 Å². The van der Waals surface area contributed by atoms with Gasteiger partial charge in [0, 0.05) is 34.9 Å². The van der Waals surface area contributed by atoms with Crippen molar-refractivity contribution < 1.29 is 18.7 Å². The maximum atomic E-state index is 12.7. The third-order valence-corrected chi connectivity index (χ3v) is 12.8. The largest absolute Gasteiger partial charge is 0.444 e. The standard InChI is InChI=1S/C31H42ClN5O4Si/c1-30(2,3)41-29(38)36-11-12-39-24(18-36)17-35-10-9-22-14-23(32)15-25(28(22)35)27-26-13-21(16-37(26)34-20-33-27)19-40-42(7,8)31(4,5)6/h9-10,13-16,20,24H,11-12,17-19H2,1-8H3/t24-/m1/s1. The number of benzene rings is 1. The van der Waals surface area contributed by atoms with Crippen LogP contribution in [0, 0.1) is 0 Å². The van der Waals surface area contributed by atoms with Gasteiger partial charge in [0.15, 0.2) is 8.32 Å². The van der Waals surface area contributed by atoms with Crippen molar-refractivity contribution in [3.05, 3.63) is 53.6 Å². The van der Waals surface area contributed by atoms with Crippen molar-refractivity contribution in [1.82, 2.24) is 24.1 Å². The molecule has 1 aliphatic heterocycles. The number of morpholine rings is 1. The van der Waals surface area contributed by atoms with Gasteiger partial charge in [0.05, 0.1) is 49.1 Å². The number of hydrogen-bond acceptors (Lipinski definition) is 6. The molecule has 1 saturated heterocycles. The first-order valence-electron chi connectivity index (χ1n) is 14.5. The number of fused-ring (bicyclic) bond motifs is 2. The lowest BCUT2D eigenvalue weighted by Gasteiger charge is -2.36. The number of ether oxygens (including phenoxy) is 2. The lowest BCUT2D eigenvalue weighted by molar-refractivity contribution is -0.0469. The summed E-state index contributed by atoms with van der Waals surface area (Å²) in [5, 5.41) is 6.25. The van der Waals surface area contributed by atoms with Gasteiger partial charge in [0.2, 0.25) is 0 Å². The molecule has 4 heterocycles. The van der Waals surface area contributed by atoms with Crippen LogP contribution in [0.3, 0.4) is 0 Å². The Balaban J connectivity index is 1.46. The maximum absolute atomic E-state index is 12.7. The molecule has 0 saturated carbocycles. The molecule has 1 amide bonds. The number of rotatable bonds is 6. The monoisotopic (exact) mass is 611 g/mol. The second-order valence-corrected chi connectivity index (χ2v) is 18.9. The molecule has 4 aromatic rings. The van der Waals surface area contributed by atoms with Gasteiger partial charge in [-0.25, -0.2) is 14.3 Å². The topological polar surface area (TPSA) is 83.1 Å². The summed E-state index contributed by atoms with van der Waals surface area (Å²) >= 11 is 6.62. The van der Waals surface area contributed by atoms with E-state index in [-0.39, 0.29) is 17.2 Å². The fourth-order valence-corrected chi connectivity index (χ4v) is 6.12. The van der Waals surface area contributed by atoms with E-state index in [4.69, 9.17) is 30.5 Å². The number of aromatic nitrogens is 4. The Kier molecular flexibility index (Phi) is 8.21. The summed E-state index contributed by atoms with van der Waals surface area (Å²) in [5.41, 5.74) is 4.08. The molecule has 1 fully saturated rings. The lowest BCUT2D eigenvalue weighted by atomic mass is 10.1. The van der Waals surface area contributed by atoms with Crippen molar-refractivity contribution >= 4 is 42.4 Å². The van der Waals surface area contributed by atoms with Gasteiger partial charge in [-0.1, -0.05) is 32.4 Å². The van der Waals surface area contributed by atoms with E-state index in [9.17, 15) is 4.79 Å². The van der Waals surface area contributed by atoms with Crippen molar-refractivity contribution in [3.63, 3.8) is 0 Å². The molecule has 0 aliphatic carbocycles. The molecule has 1 aliphatic rings. The zero-order chi connectivity index (χ0) is 30.4. The SMILES string of the molecule is CC(C)(C)OC(=O)N1CCO[C@H](Cn2ccc3cc(Cl)cc(-c4ncnn5cc(CO[Si](C)(C)C(C)(C)C)cc45)c32)C1. The Morgan fingerprint density at radius 3 is 2.64 bits per heavy atom. The summed E-state index contributed by atoms with van der Waals surface area (Å²) in [6, 6.07) is 8.07. The first-order valence-corrected chi connectivity index (χ1v) is 17.7. The zero-order valence-electron chi connectivity index (χ0n) is 25.9. The van der Waals surface area contributed by atoms with E-state index in [2.05, 4.69) is 49.6 Å². The first kappa shape index (κ1) is 30.5. The van der Waals surface area contributed by atoms with Gasteiger partial charge in [-0.3, -0.25) is 0 Å². The third-order valence-electron chi connectivity index (χ3n) is 8.14. The first-order chi connectivity index (χ1) is 19.6. The fraction of sp³-hybridized carbons (Fsp3) is 0.516. The van der Waals surface area contributed by atoms with Crippen molar-refractivity contribution in [2.75, 3.05) is 19.7 Å². The Hall–Kier alpha value is -2.92. The van der Waals surface area contributed by atoms with Crippen LogP contribution in [-0.4, -0.2) is 69.9 Å². The zero-order valence-corrected chi connectivity index (χ0v) is 27.7. The minimum Gasteiger partial charge on any atom is -0.444 e. The number of nitrogens with zero attached hydrogens (tertiary/aromatic N) is 5. The number of amides is 1. The van der Waals surface area contributed by atoms with Gasteiger partial charge in [0.25, 0.3) is 0 Å². The molecular weight excluding hydrogens is 570 g/mol. The maximum Gasteiger partial charge on any atom is 0.410 e. The minimum absolute atomic E-state index is 0.126. The van der Waals surface area contributed by atoms with Crippen molar-refractivity contribution in [1.29, 1.82) is 0 Å². The molecule has 0 N–H and O–H groups in total. The van der Waals surface area contributed by atoms with Gasteiger partial charge in [0.1, 0.15) is 11.9 Å². The summed E-state index contributed by atoms with van der Waals surface area (Å²) in [5.74, 6) is 0. The van der Waals surface area contributed by atoms with E-state index < -0.39 is 13.9 Å². The van der Waals surface area contributed by atoms with E-state index in [0.29, 0.717) is 37.9 Å². The van der Waals surface area contributed by atoms with E-state index in [1.165, 1.54) is 0 Å². The lowest BCUT2D eigenvalue weighted by Crippen LogP contribution is -2.48. The molecule has 3 aromatic heterocycles. The minimum atomic E-state index is -1.91. The highest BCUT2D eigenvalue weighted by molar-refractivity contribution is 6.74. The fourth-order valence-electron chi connectivity index (χ4n) is 4.94. The van der Waals surface area contributed by atoms with Crippen LogP contribution in [0.4, 0.5) is 4.79 Å². The second-order valence-electron chi connectivity index (χ2n) is 13.6. The van der Waals surface area contributed by atoms with Crippen LogP contribution in [0.1, 0.15) is 47.1 Å². The molecule has 0 radical (unpaired) electrons. The Morgan fingerprint density at radius 1 is 1.17 bits per heavy atom. The summed E-state index contributed by atoms with van der Waals surface area (Å²) in [4.78, 5) is 19.2. The molecule has 9 nitrogen and oxygen atoms in total. The van der Waals surface area contributed by atoms with Gasteiger partial charge in [-0.2, -0.15) is 5.10 Å². The molecule has 0 bridgehead atoms. The molecule has 5 rings (SSSR count). The quantitative estimate of drug-likeness (QED) is 0.215. The molecule has 42 heavy (non-hydrogen) atoms. The highest BCUT2D eigenvalue weighted by Crippen LogP contribution is 2.38. The predicted octanol–water partition coefficient (Wildman–Crippen LogP) is 7.16. The van der Waals surface area contributed by atoms with Gasteiger partial charge >= 0.3 is 6.09 Å². The number of hydrogen-bond donors (Lipinski definition) is 0. The highest BCUT2D eigenvalue weighted by Gasteiger charge is 2.37. The van der Waals surface area contributed by atoms with E-state index in [0.717, 1.165) is 33.2 Å². The molecule has 226 valence electrons. The van der Waals surface area contributed by atoms with Gasteiger partial charge in [-0.05, 0) is 68.7 Å². The van der Waals surface area contributed by atoms with Crippen LogP contribution in [-0.2, 0) is 27.1 Å². The van der Waals surface area contributed by atoms with E-state index in [1.807, 2.05) is 55.9 Å². The van der Waals surface area contributed by atoms with Gasteiger partial charge < -0.3 is 23.4 Å². The summed E-state index contributed by atoms with van der Waals surface area (Å²) in [6.45, 7) is 19.4. The molecule has 1 aromatic carbocycles. The Morgan fingerprint density at radius 2 is 1.93 bits per heavy atom. The van der Waals surface area contributed by atoms with Crippen LogP contribution in [0.15, 0.2) is 43.0 Å². The molecule has 0 spiro atoms. The van der Waals surface area contributed by atoms with Crippen LogP contribution in [0.2, 0.25) is 23.2 Å². The van der Waals surface area contributed by atoms with Crippen LogP contribution in [0.25, 0.3) is 27.7 Å². The summed E-state index contributed by atoms with van der Waals surface area (Å²) in [7, 11) is -1.91. The predicted molar refractivity (Wildman–Crippen MR) is 168 cm³/mol. The van der Waals surface area contributed by atoms with E-state index in [1.54, 1.807) is 11.2 Å². The van der Waals surface area contributed by atoms with Crippen molar-refractivity contribution in [2.24, 2.45) is 0 Å². The highest BCUT2D eigenvalue weighted by atomic mass is 35.5. The normalized spacial score (nSPS) is 16.9. The Bertz CT molecular complexity index is 1600. The second kappa shape index (κ2) is 11.3. The van der Waals surface area contributed by atoms with Crippen LogP contribution >= 0.6 is 11.6 Å². The van der Waals surface area contributed by atoms with Crippen molar-refractivity contribution in [2.45, 2.75) is 84.5 Å². The average molecular weight is 612 g/mol. The molecule has 0 unspecified atom stereocenters. The van der Waals surface area contributed by atoms with Crippen molar-refractivity contribution in [3.8, 4) is 11.3 Å². The van der Waals surface area contributed by atoms with Gasteiger partial charge in [-0.15, -0.1) is 0 Å². The smallest absolute Gasteiger partial charge is 0.410 e. The van der Waals surface area contributed by atoms with E-state index >= 15 is 0 Å². The van der Waals surface area contributed by atoms with Crippen LogP contribution < -0.4 is 0 Å². The number of carbonyl (C=O) groups excluding carboxylic acids is 1.